The van der Waals surface area contributed by atoms with Crippen molar-refractivity contribution in [3.63, 3.8) is 0 Å². The number of carbonyl (C=O) groups is 1. The number of fused-ring (bicyclic) bond motifs is 1. The lowest BCUT2D eigenvalue weighted by molar-refractivity contribution is -0.119. The lowest BCUT2D eigenvalue weighted by atomic mass is 10.1. The van der Waals surface area contributed by atoms with Gasteiger partial charge in [-0.15, -0.1) is 0 Å². The molecule has 0 fully saturated rings. The van der Waals surface area contributed by atoms with Gasteiger partial charge in [-0.3, -0.25) is 4.79 Å². The molecule has 0 saturated heterocycles. The SMILES string of the molecule is CN1C(=O)CCOCc2ccccc21. The van der Waals surface area contributed by atoms with E-state index in [2.05, 4.69) is 0 Å². The molecule has 14 heavy (non-hydrogen) atoms. The zero-order valence-electron chi connectivity index (χ0n) is 8.19. The molecule has 0 aromatic heterocycles. The second kappa shape index (κ2) is 3.80. The van der Waals surface area contributed by atoms with Crippen LogP contribution in [0.3, 0.4) is 0 Å². The lowest BCUT2D eigenvalue weighted by Crippen LogP contribution is -2.29. The van der Waals surface area contributed by atoms with Gasteiger partial charge in [0.15, 0.2) is 0 Å². The minimum Gasteiger partial charge on any atom is -0.376 e. The van der Waals surface area contributed by atoms with Gasteiger partial charge in [0.1, 0.15) is 0 Å². The first kappa shape index (κ1) is 9.21. The van der Waals surface area contributed by atoms with Crippen LogP contribution in [0.25, 0.3) is 0 Å². The average Bonchev–Trinajstić information content (AvgIpc) is 2.22. The number of rotatable bonds is 0. The fourth-order valence-corrected chi connectivity index (χ4v) is 1.60. The number of anilines is 1. The average molecular weight is 191 g/mol. The molecule has 1 heterocycles. The number of carbonyl (C=O) groups excluding carboxylic acids is 1. The summed E-state index contributed by atoms with van der Waals surface area (Å²) in [6, 6.07) is 7.83. The van der Waals surface area contributed by atoms with E-state index in [1.807, 2.05) is 31.3 Å². The standard InChI is InChI=1S/C11H13NO2/c1-12-10-5-3-2-4-9(10)8-14-7-6-11(12)13/h2-5H,6-8H2,1H3. The monoisotopic (exact) mass is 191 g/mol. The highest BCUT2D eigenvalue weighted by atomic mass is 16.5. The molecule has 1 aliphatic heterocycles. The van der Waals surface area contributed by atoms with E-state index < -0.39 is 0 Å². The molecule has 0 radical (unpaired) electrons. The largest absolute Gasteiger partial charge is 0.376 e. The van der Waals surface area contributed by atoms with Crippen LogP contribution in [0, 0.1) is 0 Å². The van der Waals surface area contributed by atoms with E-state index in [9.17, 15) is 4.79 Å². The summed E-state index contributed by atoms with van der Waals surface area (Å²) < 4.78 is 5.37. The topological polar surface area (TPSA) is 29.5 Å². The molecule has 3 heteroatoms. The number of nitrogens with zero attached hydrogens (tertiary/aromatic N) is 1. The van der Waals surface area contributed by atoms with Crippen molar-refractivity contribution in [2.75, 3.05) is 18.6 Å². The van der Waals surface area contributed by atoms with Gasteiger partial charge in [0.25, 0.3) is 0 Å². The normalized spacial score (nSPS) is 17.2. The van der Waals surface area contributed by atoms with Crippen molar-refractivity contribution in [3.8, 4) is 0 Å². The Kier molecular flexibility index (Phi) is 2.50. The van der Waals surface area contributed by atoms with Gasteiger partial charge in [-0.1, -0.05) is 18.2 Å². The number of hydrogen-bond donors (Lipinski definition) is 0. The highest BCUT2D eigenvalue weighted by molar-refractivity contribution is 5.93. The Morgan fingerprint density at radius 3 is 3.00 bits per heavy atom. The van der Waals surface area contributed by atoms with Crippen molar-refractivity contribution >= 4 is 11.6 Å². The quantitative estimate of drug-likeness (QED) is 0.623. The van der Waals surface area contributed by atoms with Gasteiger partial charge in [-0.05, 0) is 6.07 Å². The molecule has 74 valence electrons. The molecule has 0 aliphatic carbocycles. The second-order valence-electron chi connectivity index (χ2n) is 3.38. The Balaban J connectivity index is 2.40. The molecular weight excluding hydrogens is 178 g/mol. The van der Waals surface area contributed by atoms with Gasteiger partial charge >= 0.3 is 0 Å². The second-order valence-corrected chi connectivity index (χ2v) is 3.38. The lowest BCUT2D eigenvalue weighted by Gasteiger charge is -2.23. The van der Waals surface area contributed by atoms with E-state index in [4.69, 9.17) is 4.74 Å². The maximum Gasteiger partial charge on any atom is 0.229 e. The van der Waals surface area contributed by atoms with Gasteiger partial charge < -0.3 is 9.64 Å². The first-order valence-corrected chi connectivity index (χ1v) is 4.71. The van der Waals surface area contributed by atoms with E-state index in [1.54, 1.807) is 4.90 Å². The molecule has 1 aliphatic rings. The molecular formula is C11H13NO2. The third kappa shape index (κ3) is 1.63. The van der Waals surface area contributed by atoms with Crippen LogP contribution in [0.5, 0.6) is 0 Å². The molecule has 1 aromatic carbocycles. The Morgan fingerprint density at radius 1 is 1.36 bits per heavy atom. The summed E-state index contributed by atoms with van der Waals surface area (Å²) in [5, 5.41) is 0. The summed E-state index contributed by atoms with van der Waals surface area (Å²) in [5.74, 6) is 0.108. The van der Waals surface area contributed by atoms with Crippen LogP contribution >= 0.6 is 0 Å². The van der Waals surface area contributed by atoms with Crippen molar-refractivity contribution in [3.05, 3.63) is 29.8 Å². The fourth-order valence-electron chi connectivity index (χ4n) is 1.60. The van der Waals surface area contributed by atoms with Gasteiger partial charge in [-0.2, -0.15) is 0 Å². The van der Waals surface area contributed by atoms with Gasteiger partial charge in [-0.25, -0.2) is 0 Å². The van der Waals surface area contributed by atoms with Crippen LogP contribution in [-0.2, 0) is 16.1 Å². The van der Waals surface area contributed by atoms with Gasteiger partial charge in [0.05, 0.1) is 19.6 Å². The minimum atomic E-state index is 0.108. The zero-order valence-corrected chi connectivity index (χ0v) is 8.19. The number of hydrogen-bond acceptors (Lipinski definition) is 2. The molecule has 0 unspecified atom stereocenters. The van der Waals surface area contributed by atoms with Gasteiger partial charge in [0.2, 0.25) is 5.91 Å². The summed E-state index contributed by atoms with van der Waals surface area (Å²) in [6.45, 7) is 1.10. The third-order valence-corrected chi connectivity index (χ3v) is 2.44. The molecule has 0 bridgehead atoms. The van der Waals surface area contributed by atoms with Crippen LogP contribution in [0.15, 0.2) is 24.3 Å². The number of amides is 1. The summed E-state index contributed by atoms with van der Waals surface area (Å²) in [5.41, 5.74) is 2.03. The summed E-state index contributed by atoms with van der Waals surface area (Å²) in [7, 11) is 1.81. The Morgan fingerprint density at radius 2 is 2.14 bits per heavy atom. The highest BCUT2D eigenvalue weighted by Gasteiger charge is 2.16. The van der Waals surface area contributed by atoms with Crippen LogP contribution in [0.4, 0.5) is 5.69 Å². The van der Waals surface area contributed by atoms with Crippen molar-refractivity contribution < 1.29 is 9.53 Å². The van der Waals surface area contributed by atoms with E-state index in [1.165, 1.54) is 0 Å². The predicted octanol–water partition coefficient (Wildman–Crippen LogP) is 1.57. The number of para-hydroxylation sites is 1. The Bertz CT molecular complexity index is 349. The van der Waals surface area contributed by atoms with Crippen LogP contribution < -0.4 is 4.90 Å². The first-order chi connectivity index (χ1) is 6.79. The fraction of sp³-hybridized carbons (Fsp3) is 0.364. The van der Waals surface area contributed by atoms with Crippen LogP contribution in [-0.4, -0.2) is 19.6 Å². The zero-order chi connectivity index (χ0) is 9.97. The summed E-state index contributed by atoms with van der Waals surface area (Å²) in [4.78, 5) is 13.3. The van der Waals surface area contributed by atoms with Crippen LogP contribution in [0.1, 0.15) is 12.0 Å². The van der Waals surface area contributed by atoms with Crippen molar-refractivity contribution in [1.82, 2.24) is 0 Å². The first-order valence-electron chi connectivity index (χ1n) is 4.71. The minimum absolute atomic E-state index is 0.108. The molecule has 0 saturated carbocycles. The Labute approximate surface area is 83.3 Å². The molecule has 1 aromatic rings. The van der Waals surface area contributed by atoms with Crippen molar-refractivity contribution in [1.29, 1.82) is 0 Å². The highest BCUT2D eigenvalue weighted by Crippen LogP contribution is 2.22. The molecule has 0 atom stereocenters. The van der Waals surface area contributed by atoms with E-state index in [-0.39, 0.29) is 5.91 Å². The summed E-state index contributed by atoms with van der Waals surface area (Å²) >= 11 is 0. The Hall–Kier alpha value is -1.35. The maximum atomic E-state index is 11.6. The molecule has 0 spiro atoms. The van der Waals surface area contributed by atoms with E-state index >= 15 is 0 Å². The van der Waals surface area contributed by atoms with E-state index in [0.29, 0.717) is 19.6 Å². The molecule has 2 rings (SSSR count). The number of ether oxygens (including phenoxy) is 1. The maximum absolute atomic E-state index is 11.6. The van der Waals surface area contributed by atoms with E-state index in [0.717, 1.165) is 11.3 Å². The molecule has 1 amide bonds. The predicted molar refractivity (Wildman–Crippen MR) is 54.1 cm³/mol. The van der Waals surface area contributed by atoms with Crippen LogP contribution in [0.2, 0.25) is 0 Å². The number of benzene rings is 1. The summed E-state index contributed by atoms with van der Waals surface area (Å²) in [6.07, 6.45) is 0.463. The van der Waals surface area contributed by atoms with Crippen molar-refractivity contribution in [2.24, 2.45) is 0 Å². The molecule has 0 N–H and O–H groups in total. The third-order valence-electron chi connectivity index (χ3n) is 2.44. The van der Waals surface area contributed by atoms with Gasteiger partial charge in [0, 0.05) is 18.3 Å². The van der Waals surface area contributed by atoms with Crippen molar-refractivity contribution in [2.45, 2.75) is 13.0 Å². The smallest absolute Gasteiger partial charge is 0.229 e. The molecule has 3 nitrogen and oxygen atoms in total.